The average Bonchev–Trinajstić information content (AvgIpc) is 2.28. The molecule has 0 aliphatic carbocycles. The number of hydrogen-bond acceptors (Lipinski definition) is 2. The highest BCUT2D eigenvalue weighted by atomic mass is 16.5. The third-order valence-corrected chi connectivity index (χ3v) is 2.31. The van der Waals surface area contributed by atoms with Crippen LogP contribution in [0.4, 0.5) is 0 Å². The van der Waals surface area contributed by atoms with Crippen LogP contribution in [0.15, 0.2) is 30.3 Å². The zero-order chi connectivity index (χ0) is 12.0. The summed E-state index contributed by atoms with van der Waals surface area (Å²) in [6.45, 7) is 6.13. The number of rotatable bonds is 4. The van der Waals surface area contributed by atoms with Crippen LogP contribution in [-0.2, 0) is 9.53 Å². The molecule has 2 nitrogen and oxygen atoms in total. The summed E-state index contributed by atoms with van der Waals surface area (Å²) < 4.78 is 4.92. The Hall–Kier alpha value is -1.57. The van der Waals surface area contributed by atoms with E-state index in [1.165, 1.54) is 5.56 Å². The number of benzene rings is 1. The van der Waals surface area contributed by atoms with Crippen molar-refractivity contribution in [2.75, 3.05) is 6.61 Å². The molecule has 0 aromatic heterocycles. The van der Waals surface area contributed by atoms with Crippen LogP contribution in [0.3, 0.4) is 0 Å². The number of hydrogen-bond donors (Lipinski definition) is 0. The van der Waals surface area contributed by atoms with Gasteiger partial charge in [0, 0.05) is 0 Å². The lowest BCUT2D eigenvalue weighted by atomic mass is 10.1. The molecule has 0 fully saturated rings. The molecule has 0 aliphatic heterocycles. The maximum Gasteiger partial charge on any atom is 0.312 e. The summed E-state index contributed by atoms with van der Waals surface area (Å²) in [6, 6.07) is 8.16. The van der Waals surface area contributed by atoms with Crippen LogP contribution in [0.2, 0.25) is 0 Å². The Labute approximate surface area is 96.9 Å². The summed E-state index contributed by atoms with van der Waals surface area (Å²) in [6.07, 6.45) is 3.81. The number of ether oxygens (including phenoxy) is 1. The smallest absolute Gasteiger partial charge is 0.312 e. The Morgan fingerprint density at radius 1 is 1.38 bits per heavy atom. The Kier molecular flexibility index (Phi) is 4.77. The van der Waals surface area contributed by atoms with Crippen LogP contribution in [0.5, 0.6) is 0 Å². The predicted octanol–water partition coefficient (Wildman–Crippen LogP) is 3.21. The molecule has 1 atom stereocenters. The topological polar surface area (TPSA) is 26.3 Å². The summed E-state index contributed by atoms with van der Waals surface area (Å²) in [5.41, 5.74) is 2.33. The lowest BCUT2D eigenvalue weighted by Crippen LogP contribution is -2.12. The largest absolute Gasteiger partial charge is 0.466 e. The average molecular weight is 218 g/mol. The maximum absolute atomic E-state index is 11.3. The summed E-state index contributed by atoms with van der Waals surface area (Å²) in [7, 11) is 0. The monoisotopic (exact) mass is 218 g/mol. The first kappa shape index (κ1) is 12.5. The molecular formula is C14H18O2. The molecule has 16 heavy (non-hydrogen) atoms. The predicted molar refractivity (Wildman–Crippen MR) is 66.0 cm³/mol. The standard InChI is InChI=1S/C14H18O2/c1-4-16-14(15)12(3)7-10-13-8-5-11(2)6-9-13/h5-10,12H,4H2,1-3H3/b10-7+. The highest BCUT2D eigenvalue weighted by Crippen LogP contribution is 2.08. The van der Waals surface area contributed by atoms with Crippen molar-refractivity contribution in [2.45, 2.75) is 20.8 Å². The minimum absolute atomic E-state index is 0.175. The van der Waals surface area contributed by atoms with Crippen LogP contribution < -0.4 is 0 Å². The molecule has 0 bridgehead atoms. The van der Waals surface area contributed by atoms with Gasteiger partial charge in [0.2, 0.25) is 0 Å². The van der Waals surface area contributed by atoms with E-state index in [4.69, 9.17) is 4.74 Å². The summed E-state index contributed by atoms with van der Waals surface area (Å²) in [4.78, 5) is 11.3. The van der Waals surface area contributed by atoms with Gasteiger partial charge in [-0.2, -0.15) is 0 Å². The van der Waals surface area contributed by atoms with Gasteiger partial charge >= 0.3 is 5.97 Å². The van der Waals surface area contributed by atoms with E-state index in [-0.39, 0.29) is 11.9 Å². The van der Waals surface area contributed by atoms with Crippen LogP contribution in [0, 0.1) is 12.8 Å². The molecule has 1 unspecified atom stereocenters. The van der Waals surface area contributed by atoms with E-state index in [2.05, 4.69) is 19.1 Å². The molecule has 0 amide bonds. The summed E-state index contributed by atoms with van der Waals surface area (Å²) in [5.74, 6) is -0.368. The zero-order valence-corrected chi connectivity index (χ0v) is 10.1. The molecule has 1 rings (SSSR count). The van der Waals surface area contributed by atoms with Crippen LogP contribution in [0.1, 0.15) is 25.0 Å². The van der Waals surface area contributed by atoms with Gasteiger partial charge in [0.1, 0.15) is 0 Å². The highest BCUT2D eigenvalue weighted by molar-refractivity contribution is 5.75. The van der Waals surface area contributed by atoms with Gasteiger partial charge in [-0.05, 0) is 26.3 Å². The quantitative estimate of drug-likeness (QED) is 0.725. The number of aryl methyl sites for hydroxylation is 1. The Balaban J connectivity index is 2.59. The third-order valence-electron chi connectivity index (χ3n) is 2.31. The second-order valence-corrected chi connectivity index (χ2v) is 3.81. The van der Waals surface area contributed by atoms with E-state index >= 15 is 0 Å². The van der Waals surface area contributed by atoms with E-state index in [0.29, 0.717) is 6.61 Å². The minimum Gasteiger partial charge on any atom is -0.466 e. The van der Waals surface area contributed by atoms with Gasteiger partial charge in [-0.3, -0.25) is 4.79 Å². The van der Waals surface area contributed by atoms with Crippen molar-refractivity contribution in [2.24, 2.45) is 5.92 Å². The van der Waals surface area contributed by atoms with Crippen molar-refractivity contribution in [3.63, 3.8) is 0 Å². The fourth-order valence-electron chi connectivity index (χ4n) is 1.29. The number of carbonyl (C=O) groups is 1. The van der Waals surface area contributed by atoms with Crippen LogP contribution in [0.25, 0.3) is 6.08 Å². The minimum atomic E-state index is -0.193. The Morgan fingerprint density at radius 2 is 2.00 bits per heavy atom. The lowest BCUT2D eigenvalue weighted by molar-refractivity contribution is -0.145. The first-order chi connectivity index (χ1) is 7.63. The van der Waals surface area contributed by atoms with E-state index in [0.717, 1.165) is 5.56 Å². The molecule has 0 saturated carbocycles. The molecule has 0 saturated heterocycles. The highest BCUT2D eigenvalue weighted by Gasteiger charge is 2.09. The van der Waals surface area contributed by atoms with Gasteiger partial charge in [0.15, 0.2) is 0 Å². The van der Waals surface area contributed by atoms with Crippen molar-refractivity contribution >= 4 is 12.0 Å². The van der Waals surface area contributed by atoms with Gasteiger partial charge in [0.05, 0.1) is 12.5 Å². The van der Waals surface area contributed by atoms with E-state index in [1.54, 1.807) is 0 Å². The summed E-state index contributed by atoms with van der Waals surface area (Å²) in [5, 5.41) is 0. The number of carbonyl (C=O) groups excluding carboxylic acids is 1. The van der Waals surface area contributed by atoms with Gasteiger partial charge in [-0.1, -0.05) is 42.0 Å². The van der Waals surface area contributed by atoms with Gasteiger partial charge < -0.3 is 4.74 Å². The SMILES string of the molecule is CCOC(=O)C(C)/C=C/c1ccc(C)cc1. The van der Waals surface area contributed by atoms with Gasteiger partial charge in [-0.15, -0.1) is 0 Å². The van der Waals surface area contributed by atoms with E-state index in [9.17, 15) is 4.79 Å². The third kappa shape index (κ3) is 3.89. The molecule has 0 radical (unpaired) electrons. The molecule has 0 heterocycles. The Bertz CT molecular complexity index is 363. The van der Waals surface area contributed by atoms with Crippen molar-refractivity contribution in [3.8, 4) is 0 Å². The van der Waals surface area contributed by atoms with Crippen molar-refractivity contribution in [3.05, 3.63) is 41.5 Å². The fourth-order valence-corrected chi connectivity index (χ4v) is 1.29. The molecule has 1 aromatic carbocycles. The molecule has 0 spiro atoms. The summed E-state index contributed by atoms with van der Waals surface area (Å²) >= 11 is 0. The molecule has 0 N–H and O–H groups in total. The lowest BCUT2D eigenvalue weighted by Gasteiger charge is -2.05. The molecule has 0 aliphatic rings. The second kappa shape index (κ2) is 6.11. The van der Waals surface area contributed by atoms with Crippen LogP contribution >= 0.6 is 0 Å². The second-order valence-electron chi connectivity index (χ2n) is 3.81. The van der Waals surface area contributed by atoms with E-state index in [1.807, 2.05) is 38.1 Å². The van der Waals surface area contributed by atoms with Gasteiger partial charge in [-0.25, -0.2) is 0 Å². The number of esters is 1. The van der Waals surface area contributed by atoms with Crippen LogP contribution in [-0.4, -0.2) is 12.6 Å². The van der Waals surface area contributed by atoms with Crippen molar-refractivity contribution in [1.29, 1.82) is 0 Å². The first-order valence-corrected chi connectivity index (χ1v) is 5.55. The fraction of sp³-hybridized carbons (Fsp3) is 0.357. The molecule has 1 aromatic rings. The normalized spacial score (nSPS) is 12.7. The zero-order valence-electron chi connectivity index (χ0n) is 10.1. The molecule has 86 valence electrons. The first-order valence-electron chi connectivity index (χ1n) is 5.55. The van der Waals surface area contributed by atoms with E-state index < -0.39 is 0 Å². The molecular weight excluding hydrogens is 200 g/mol. The molecule has 2 heteroatoms. The Morgan fingerprint density at radius 3 is 2.56 bits per heavy atom. The van der Waals surface area contributed by atoms with Gasteiger partial charge in [0.25, 0.3) is 0 Å². The van der Waals surface area contributed by atoms with Crippen molar-refractivity contribution in [1.82, 2.24) is 0 Å². The maximum atomic E-state index is 11.3. The van der Waals surface area contributed by atoms with Crippen molar-refractivity contribution < 1.29 is 9.53 Å².